The Morgan fingerprint density at radius 1 is 1.32 bits per heavy atom. The summed E-state index contributed by atoms with van der Waals surface area (Å²) < 4.78 is 36.0. The van der Waals surface area contributed by atoms with Crippen molar-refractivity contribution in [1.82, 2.24) is 5.48 Å². The number of nitrogens with two attached hydrogens (primary N) is 1. The minimum absolute atomic E-state index is 0. The fourth-order valence-electron chi connectivity index (χ4n) is 0.979. The topological polar surface area (TPSA) is 108 Å². The number of hydrogen-bond donors (Lipinski definition) is 4. The van der Waals surface area contributed by atoms with Crippen molar-refractivity contribution in [3.8, 4) is 0 Å². The second-order valence-electron chi connectivity index (χ2n) is 3.28. The molecule has 0 aromatic heterocycles. The summed E-state index contributed by atoms with van der Waals surface area (Å²) in [6, 6.07) is -1.02. The number of carboxylic acids is 1. The number of unbranched alkanes of at least 4 members (excludes halogenated alkanes) is 1. The van der Waals surface area contributed by atoms with E-state index in [2.05, 4.69) is 4.99 Å². The molecule has 0 spiro atoms. The van der Waals surface area contributed by atoms with E-state index in [1.807, 2.05) is 0 Å². The summed E-state index contributed by atoms with van der Waals surface area (Å²) in [5, 5.41) is 16.6. The van der Waals surface area contributed by atoms with Crippen LogP contribution in [0.15, 0.2) is 4.99 Å². The molecule has 0 aliphatic carbocycles. The van der Waals surface area contributed by atoms with Gasteiger partial charge in [-0.25, -0.2) is 5.48 Å². The summed E-state index contributed by atoms with van der Waals surface area (Å²) in [6.07, 6.45) is -3.97. The lowest BCUT2D eigenvalue weighted by Gasteiger charge is -2.08. The summed E-state index contributed by atoms with van der Waals surface area (Å²) in [6.45, 7) is -0.172. The van der Waals surface area contributed by atoms with Crippen molar-refractivity contribution in [2.24, 2.45) is 10.7 Å². The molecule has 0 bridgehead atoms. The maximum atomic E-state index is 12.0. The first-order chi connectivity index (χ1) is 7.79. The maximum absolute atomic E-state index is 12.0. The minimum Gasteiger partial charge on any atom is -0.480 e. The number of amidine groups is 1. The normalized spacial score (nSPS) is 13.0. The molecule has 116 valence electrons. The Balaban J connectivity index is -0.00000128. The molecule has 11 heteroatoms. The number of hydroxylamine groups is 1. The Kier molecular flexibility index (Phi) is 13.6. The summed E-state index contributed by atoms with van der Waals surface area (Å²) in [7, 11) is 0. The van der Waals surface area contributed by atoms with Gasteiger partial charge in [0.2, 0.25) is 5.84 Å². The molecule has 0 aromatic rings. The van der Waals surface area contributed by atoms with E-state index in [9.17, 15) is 18.0 Å². The predicted octanol–water partition coefficient (Wildman–Crippen LogP) is 1.35. The number of rotatable bonds is 6. The first-order valence-corrected chi connectivity index (χ1v) is 4.79. The van der Waals surface area contributed by atoms with E-state index in [1.54, 1.807) is 0 Å². The number of hydrogen-bond acceptors (Lipinski definition) is 4. The summed E-state index contributed by atoms with van der Waals surface area (Å²) in [4.78, 5) is 13.4. The van der Waals surface area contributed by atoms with E-state index in [1.165, 1.54) is 0 Å². The highest BCUT2D eigenvalue weighted by Crippen LogP contribution is 2.15. The van der Waals surface area contributed by atoms with Crippen molar-refractivity contribution < 1.29 is 28.3 Å². The largest absolute Gasteiger partial charge is 0.480 e. The highest BCUT2D eigenvalue weighted by atomic mass is 35.5. The molecule has 0 radical (unpaired) electrons. The van der Waals surface area contributed by atoms with Gasteiger partial charge in [-0.2, -0.15) is 13.2 Å². The molecule has 0 rings (SSSR count). The van der Waals surface area contributed by atoms with Crippen LogP contribution in [0.4, 0.5) is 13.2 Å². The average molecular weight is 330 g/mol. The van der Waals surface area contributed by atoms with Crippen molar-refractivity contribution in [3.63, 3.8) is 0 Å². The Hall–Kier alpha value is -0.770. The summed E-state index contributed by atoms with van der Waals surface area (Å²) >= 11 is 0. The van der Waals surface area contributed by atoms with Gasteiger partial charge < -0.3 is 10.8 Å². The number of nitrogens with zero attached hydrogens (tertiary/aromatic N) is 1. The molecule has 0 saturated heterocycles. The van der Waals surface area contributed by atoms with Crippen LogP contribution in [0.25, 0.3) is 0 Å². The molecular weight excluding hydrogens is 314 g/mol. The first kappa shape index (κ1) is 23.3. The molecule has 1 atom stereocenters. The van der Waals surface area contributed by atoms with Crippen LogP contribution < -0.4 is 11.2 Å². The smallest absolute Gasteiger partial charge is 0.450 e. The second kappa shape index (κ2) is 11.1. The molecule has 0 aliphatic heterocycles. The van der Waals surface area contributed by atoms with Crippen molar-refractivity contribution in [2.75, 3.05) is 6.54 Å². The van der Waals surface area contributed by atoms with Gasteiger partial charge in [0.25, 0.3) is 0 Å². The first-order valence-electron chi connectivity index (χ1n) is 4.79. The Labute approximate surface area is 120 Å². The van der Waals surface area contributed by atoms with E-state index in [4.69, 9.17) is 16.0 Å². The Bertz CT molecular complexity index is 290. The maximum Gasteiger partial charge on any atom is 0.450 e. The highest BCUT2D eigenvalue weighted by molar-refractivity contribution is 5.86. The van der Waals surface area contributed by atoms with Gasteiger partial charge in [0.1, 0.15) is 6.04 Å². The number of aliphatic imine (C=N–C) groups is 1. The molecule has 6 nitrogen and oxygen atoms in total. The van der Waals surface area contributed by atoms with E-state index >= 15 is 0 Å². The van der Waals surface area contributed by atoms with Crippen molar-refractivity contribution >= 4 is 36.6 Å². The molecular formula is C8H16Cl2F3N3O3. The molecule has 0 fully saturated rings. The monoisotopic (exact) mass is 329 g/mol. The zero-order chi connectivity index (χ0) is 13.5. The van der Waals surface area contributed by atoms with E-state index < -0.39 is 24.0 Å². The van der Waals surface area contributed by atoms with Crippen LogP contribution in [0, 0.1) is 0 Å². The van der Waals surface area contributed by atoms with Gasteiger partial charge in [-0.15, -0.1) is 24.8 Å². The minimum atomic E-state index is -4.73. The van der Waals surface area contributed by atoms with Crippen LogP contribution in [0.3, 0.4) is 0 Å². The molecule has 0 aliphatic rings. The van der Waals surface area contributed by atoms with Crippen LogP contribution in [-0.2, 0) is 4.79 Å². The lowest BCUT2D eigenvalue weighted by molar-refractivity contribution is -0.138. The lowest BCUT2D eigenvalue weighted by Crippen LogP contribution is -2.35. The van der Waals surface area contributed by atoms with Gasteiger partial charge in [-0.3, -0.25) is 15.0 Å². The third kappa shape index (κ3) is 10.8. The van der Waals surface area contributed by atoms with E-state index in [-0.39, 0.29) is 44.2 Å². The molecule has 5 N–H and O–H groups in total. The number of carboxylic acid groups (broad SMARTS) is 1. The predicted molar refractivity (Wildman–Crippen MR) is 67.2 cm³/mol. The fraction of sp³-hybridized carbons (Fsp3) is 0.750. The van der Waals surface area contributed by atoms with Gasteiger partial charge in [0.05, 0.1) is 0 Å². The summed E-state index contributed by atoms with van der Waals surface area (Å²) in [5.74, 6) is -2.62. The van der Waals surface area contributed by atoms with Gasteiger partial charge in [-0.1, -0.05) is 0 Å². The quantitative estimate of drug-likeness (QED) is 0.254. The highest BCUT2D eigenvalue weighted by Gasteiger charge is 2.35. The SMILES string of the molecule is Cl.Cl.N[C@@H](CCCCN=C(NO)C(F)(F)F)C(=O)O. The van der Waals surface area contributed by atoms with Crippen molar-refractivity contribution in [1.29, 1.82) is 0 Å². The number of nitrogens with one attached hydrogen (secondary N) is 1. The molecule has 0 amide bonds. The second-order valence-corrected chi connectivity index (χ2v) is 3.28. The van der Waals surface area contributed by atoms with Crippen LogP contribution in [0.5, 0.6) is 0 Å². The van der Waals surface area contributed by atoms with Gasteiger partial charge >= 0.3 is 12.1 Å². The van der Waals surface area contributed by atoms with Crippen molar-refractivity contribution in [2.45, 2.75) is 31.5 Å². The molecule has 0 heterocycles. The molecule has 0 saturated carbocycles. The lowest BCUT2D eigenvalue weighted by atomic mass is 10.1. The van der Waals surface area contributed by atoms with Crippen molar-refractivity contribution in [3.05, 3.63) is 0 Å². The molecule has 0 unspecified atom stereocenters. The van der Waals surface area contributed by atoms with Crippen LogP contribution >= 0.6 is 24.8 Å². The third-order valence-corrected chi connectivity index (χ3v) is 1.88. The number of carbonyl (C=O) groups is 1. The number of aliphatic carboxylic acids is 1. The summed E-state index contributed by atoms with van der Waals surface area (Å²) in [5.41, 5.74) is 6.15. The average Bonchev–Trinajstić information content (AvgIpc) is 2.20. The molecule has 0 aromatic carbocycles. The fourth-order valence-corrected chi connectivity index (χ4v) is 0.979. The zero-order valence-electron chi connectivity index (χ0n) is 9.68. The Morgan fingerprint density at radius 2 is 1.84 bits per heavy atom. The standard InChI is InChI=1S/C8H14F3N3O3.2ClH/c9-8(10,11)7(14-17)13-4-2-1-3-5(12)6(15)16;;/h5,17H,1-4,12H2,(H,13,14)(H,15,16);2*1H/t5-;;/m0../s1. The Morgan fingerprint density at radius 3 is 2.21 bits per heavy atom. The van der Waals surface area contributed by atoms with E-state index in [0.717, 1.165) is 5.48 Å². The van der Waals surface area contributed by atoms with Crippen LogP contribution in [-0.4, -0.2) is 40.9 Å². The van der Waals surface area contributed by atoms with Gasteiger partial charge in [-0.05, 0) is 19.3 Å². The van der Waals surface area contributed by atoms with Gasteiger partial charge in [0.15, 0.2) is 0 Å². The van der Waals surface area contributed by atoms with Gasteiger partial charge in [0, 0.05) is 6.54 Å². The number of alkyl halides is 3. The third-order valence-electron chi connectivity index (χ3n) is 1.88. The van der Waals surface area contributed by atoms with Crippen LogP contribution in [0.2, 0.25) is 0 Å². The molecule has 19 heavy (non-hydrogen) atoms. The number of halogens is 5. The van der Waals surface area contributed by atoms with E-state index in [0.29, 0.717) is 6.42 Å². The van der Waals surface area contributed by atoms with Crippen LogP contribution in [0.1, 0.15) is 19.3 Å². The zero-order valence-corrected chi connectivity index (χ0v) is 11.3.